The van der Waals surface area contributed by atoms with Gasteiger partial charge in [-0.1, -0.05) is 57.2 Å². The number of aliphatic hydroxyl groups excluding tert-OH is 1. The Morgan fingerprint density at radius 3 is 2.10 bits per heavy atom. The fraction of sp³-hybridized carbons (Fsp3) is 0.605. The predicted molar refractivity (Wildman–Crippen MR) is 193 cm³/mol. The van der Waals surface area contributed by atoms with E-state index in [-0.39, 0.29) is 31.1 Å². The lowest BCUT2D eigenvalue weighted by molar-refractivity contribution is -0.132. The lowest BCUT2D eigenvalue weighted by atomic mass is 9.87. The van der Waals surface area contributed by atoms with Crippen LogP contribution in [0, 0.1) is 11.8 Å². The summed E-state index contributed by atoms with van der Waals surface area (Å²) in [6.07, 6.45) is 0.0506. The number of aliphatic hydroxyl groups is 1. The van der Waals surface area contributed by atoms with Crippen LogP contribution in [0.1, 0.15) is 71.9 Å². The molecule has 12 nitrogen and oxygen atoms in total. The molecule has 50 heavy (non-hydrogen) atoms. The molecular weight excluding hydrogens is 642 g/mol. The molecule has 3 amide bonds. The van der Waals surface area contributed by atoms with Gasteiger partial charge in [0.05, 0.1) is 33.5 Å². The maximum absolute atomic E-state index is 14.2. The number of hydrogen-bond acceptors (Lipinski definition) is 9. The lowest BCUT2D eigenvalue weighted by Crippen LogP contribution is -2.53. The number of nitrogens with one attached hydrogen (secondary N) is 3. The monoisotopic (exact) mass is 701 g/mol. The molecule has 0 saturated carbocycles. The fourth-order valence-electron chi connectivity index (χ4n) is 5.49. The molecule has 12 heteroatoms. The molecule has 2 rings (SSSR count). The van der Waals surface area contributed by atoms with Crippen LogP contribution in [0.4, 0.5) is 4.79 Å². The summed E-state index contributed by atoms with van der Waals surface area (Å²) < 4.78 is 27.8. The van der Waals surface area contributed by atoms with Gasteiger partial charge in [0, 0.05) is 25.7 Å². The van der Waals surface area contributed by atoms with Crippen molar-refractivity contribution in [2.45, 2.75) is 97.4 Å². The molecule has 0 heterocycles. The van der Waals surface area contributed by atoms with Gasteiger partial charge in [-0.3, -0.25) is 9.59 Å². The summed E-state index contributed by atoms with van der Waals surface area (Å²) in [5, 5.41) is 20.5. The van der Waals surface area contributed by atoms with Crippen LogP contribution in [0.5, 0.6) is 17.2 Å². The minimum Gasteiger partial charge on any atom is -0.493 e. The molecule has 2 aromatic rings. The third-order valence-corrected chi connectivity index (χ3v) is 7.97. The highest BCUT2D eigenvalue weighted by Crippen LogP contribution is 2.41. The van der Waals surface area contributed by atoms with Crippen molar-refractivity contribution < 1.29 is 43.2 Å². The van der Waals surface area contributed by atoms with E-state index in [2.05, 4.69) is 16.0 Å². The van der Waals surface area contributed by atoms with Crippen LogP contribution >= 0.6 is 0 Å². The number of carbonyl (C=O) groups is 3. The molecule has 0 aromatic heterocycles. The van der Waals surface area contributed by atoms with Gasteiger partial charge in [0.15, 0.2) is 11.5 Å². The second kappa shape index (κ2) is 21.2. The molecule has 2 aromatic carbocycles. The molecule has 4 atom stereocenters. The number of hydrogen-bond donors (Lipinski definition) is 4. The van der Waals surface area contributed by atoms with E-state index in [1.54, 1.807) is 32.9 Å². The van der Waals surface area contributed by atoms with Gasteiger partial charge in [0.2, 0.25) is 17.6 Å². The average molecular weight is 702 g/mol. The number of carbonyl (C=O) groups excluding carboxylic acids is 3. The molecule has 0 saturated heterocycles. The third kappa shape index (κ3) is 14.1. The Kier molecular flexibility index (Phi) is 17.9. The van der Waals surface area contributed by atoms with Crippen molar-refractivity contribution in [2.24, 2.45) is 11.8 Å². The van der Waals surface area contributed by atoms with E-state index in [1.807, 2.05) is 51.1 Å². The van der Waals surface area contributed by atoms with Gasteiger partial charge in [-0.2, -0.15) is 0 Å². The van der Waals surface area contributed by atoms with Gasteiger partial charge >= 0.3 is 6.09 Å². The second-order valence-electron chi connectivity index (χ2n) is 13.6. The first-order valence-electron chi connectivity index (χ1n) is 17.4. The first-order valence-corrected chi connectivity index (χ1v) is 17.4. The molecule has 4 N–H and O–H groups in total. The summed E-state index contributed by atoms with van der Waals surface area (Å²) >= 11 is 0. The Morgan fingerprint density at radius 2 is 1.52 bits per heavy atom. The van der Waals surface area contributed by atoms with E-state index in [4.69, 9.17) is 23.7 Å². The summed E-state index contributed by atoms with van der Waals surface area (Å²) in [5.74, 6) is -0.617. The van der Waals surface area contributed by atoms with E-state index in [0.717, 1.165) is 12.0 Å². The van der Waals surface area contributed by atoms with E-state index in [0.29, 0.717) is 49.0 Å². The van der Waals surface area contributed by atoms with Crippen LogP contribution in [0.2, 0.25) is 0 Å². The number of ether oxygens (including phenoxy) is 5. The molecule has 0 unspecified atom stereocenters. The van der Waals surface area contributed by atoms with E-state index in [1.165, 1.54) is 21.3 Å². The highest BCUT2D eigenvalue weighted by atomic mass is 16.6. The quantitative estimate of drug-likeness (QED) is 0.134. The number of alkyl carbamates (subject to hydrolysis) is 1. The maximum atomic E-state index is 14.2. The Labute approximate surface area is 297 Å². The molecule has 0 radical (unpaired) electrons. The van der Waals surface area contributed by atoms with Crippen LogP contribution in [-0.4, -0.2) is 87.9 Å². The Bertz CT molecular complexity index is 1330. The predicted octanol–water partition coefficient (Wildman–Crippen LogP) is 4.83. The largest absolute Gasteiger partial charge is 0.493 e. The third-order valence-electron chi connectivity index (χ3n) is 7.97. The zero-order valence-electron chi connectivity index (χ0n) is 31.3. The van der Waals surface area contributed by atoms with Crippen LogP contribution < -0.4 is 30.2 Å². The zero-order valence-corrected chi connectivity index (χ0v) is 31.3. The first-order chi connectivity index (χ1) is 23.7. The van der Waals surface area contributed by atoms with E-state index in [9.17, 15) is 19.5 Å². The van der Waals surface area contributed by atoms with Gasteiger partial charge < -0.3 is 44.7 Å². The van der Waals surface area contributed by atoms with Gasteiger partial charge in [-0.05, 0) is 76.0 Å². The van der Waals surface area contributed by atoms with Gasteiger partial charge in [-0.25, -0.2) is 4.79 Å². The van der Waals surface area contributed by atoms with Crippen molar-refractivity contribution in [2.75, 3.05) is 41.1 Å². The van der Waals surface area contributed by atoms with Crippen molar-refractivity contribution in [3.05, 3.63) is 53.6 Å². The fourth-order valence-corrected chi connectivity index (χ4v) is 5.49. The topological polar surface area (TPSA) is 154 Å². The highest BCUT2D eigenvalue weighted by molar-refractivity contribution is 5.89. The Hall–Kier alpha value is -4.03. The minimum absolute atomic E-state index is 0.0577. The van der Waals surface area contributed by atoms with Crippen molar-refractivity contribution in [3.63, 3.8) is 0 Å². The smallest absolute Gasteiger partial charge is 0.407 e. The summed E-state index contributed by atoms with van der Waals surface area (Å²) in [4.78, 5) is 40.4. The molecule has 0 aliphatic carbocycles. The van der Waals surface area contributed by atoms with Crippen molar-refractivity contribution in [1.29, 1.82) is 0 Å². The van der Waals surface area contributed by atoms with Crippen LogP contribution in [0.25, 0.3) is 0 Å². The van der Waals surface area contributed by atoms with Crippen molar-refractivity contribution >= 4 is 17.9 Å². The normalized spacial score (nSPS) is 13.8. The second-order valence-corrected chi connectivity index (χ2v) is 13.6. The Morgan fingerprint density at radius 1 is 0.840 bits per heavy atom. The minimum atomic E-state index is -1.18. The molecule has 280 valence electrons. The van der Waals surface area contributed by atoms with Gasteiger partial charge in [0.1, 0.15) is 11.6 Å². The van der Waals surface area contributed by atoms with Gasteiger partial charge in [-0.15, -0.1) is 0 Å². The van der Waals surface area contributed by atoms with Crippen LogP contribution in [-0.2, 0) is 31.9 Å². The van der Waals surface area contributed by atoms with Crippen LogP contribution in [0.3, 0.4) is 0 Å². The molecule has 0 bridgehead atoms. The van der Waals surface area contributed by atoms with Gasteiger partial charge in [0.25, 0.3) is 0 Å². The van der Waals surface area contributed by atoms with Crippen molar-refractivity contribution in [1.82, 2.24) is 16.0 Å². The maximum Gasteiger partial charge on any atom is 0.407 e. The van der Waals surface area contributed by atoms with Crippen molar-refractivity contribution in [3.8, 4) is 17.2 Å². The number of benzene rings is 2. The summed E-state index contributed by atoms with van der Waals surface area (Å²) in [6, 6.07) is 11.3. The molecular formula is C38H59N3O9. The Balaban J connectivity index is 2.43. The number of amides is 3. The first kappa shape index (κ1) is 42.1. The molecule has 0 spiro atoms. The SMILES string of the molecule is CCCOCCCNC(=O)[C@@H](NC(=O)[C@H](Cc1ccc(OC)c(OC)c1OC)C[C@H](O)[C@H](Cc1ccccc1)NC(=O)OC(C)(C)C)C(C)C. The molecule has 0 fully saturated rings. The number of rotatable bonds is 21. The molecule has 0 aliphatic rings. The lowest BCUT2D eigenvalue weighted by Gasteiger charge is -2.30. The summed E-state index contributed by atoms with van der Waals surface area (Å²) in [7, 11) is 4.51. The highest BCUT2D eigenvalue weighted by Gasteiger charge is 2.34. The van der Waals surface area contributed by atoms with E-state index >= 15 is 0 Å². The number of methoxy groups -OCH3 is 3. The van der Waals surface area contributed by atoms with E-state index < -0.39 is 41.7 Å². The van der Waals surface area contributed by atoms with Crippen LogP contribution in [0.15, 0.2) is 42.5 Å². The molecule has 0 aliphatic heterocycles. The standard InChI is InChI=1S/C38H59N3O9/c1-10-20-49-21-14-19-39-36(44)32(25(2)3)41-35(43)28(23-27-17-18-31(46-7)34(48-9)33(27)47-8)24-30(42)29(22-26-15-12-11-13-16-26)40-37(45)50-38(4,5)6/h11-13,15-18,25,28-30,32,42H,10,14,19-24H2,1-9H3,(H,39,44)(H,40,45)(H,41,43)/t28-,29+,30+,32+/m1/s1. The zero-order chi connectivity index (χ0) is 37.3. The average Bonchev–Trinajstić information content (AvgIpc) is 3.06. The summed E-state index contributed by atoms with van der Waals surface area (Å²) in [6.45, 7) is 12.6. The summed E-state index contributed by atoms with van der Waals surface area (Å²) in [5.41, 5.74) is 0.759.